The Labute approximate surface area is 71.4 Å². The van der Waals surface area contributed by atoms with Gasteiger partial charge in [-0.25, -0.2) is 12.4 Å². The summed E-state index contributed by atoms with van der Waals surface area (Å²) in [5.74, 6) is 5.64. The van der Waals surface area contributed by atoms with Crippen LogP contribution in [0.25, 0.3) is 4.85 Å². The molecule has 4 nitrogen and oxygen atoms in total. The van der Waals surface area contributed by atoms with Crippen molar-refractivity contribution in [2.75, 3.05) is 18.1 Å². The predicted octanol–water partition coefficient (Wildman–Crippen LogP) is 0.681. The zero-order chi connectivity index (χ0) is 8.81. The molecule has 0 aliphatic heterocycles. The lowest BCUT2D eigenvalue weighted by molar-refractivity contribution is 0.871. The van der Waals surface area contributed by atoms with E-state index in [-0.39, 0.29) is 0 Å². The van der Waals surface area contributed by atoms with Crippen LogP contribution < -0.4 is 10.9 Å². The molecular formula is C8H10N4. The van der Waals surface area contributed by atoms with E-state index in [1.165, 1.54) is 0 Å². The standard InChI is InChI=1S/C8H10N4/c1-10-6-7-12(9)8-2-4-11-5-3-8/h2-5H,6-7,9H2. The largest absolute Gasteiger partial charge is 0.315 e. The summed E-state index contributed by atoms with van der Waals surface area (Å²) in [6.45, 7) is 7.55. The van der Waals surface area contributed by atoms with Crippen LogP contribution in [0.1, 0.15) is 0 Å². The van der Waals surface area contributed by atoms with Gasteiger partial charge in [0.05, 0.1) is 5.69 Å². The van der Waals surface area contributed by atoms with E-state index < -0.39 is 0 Å². The van der Waals surface area contributed by atoms with Crippen LogP contribution in [-0.4, -0.2) is 18.1 Å². The van der Waals surface area contributed by atoms with Crippen LogP contribution in [0.15, 0.2) is 24.5 Å². The van der Waals surface area contributed by atoms with Crippen molar-refractivity contribution in [1.29, 1.82) is 0 Å². The molecule has 2 N–H and O–H groups in total. The molecule has 0 radical (unpaired) electrons. The number of nitrogens with two attached hydrogens (primary N) is 1. The maximum atomic E-state index is 6.59. The van der Waals surface area contributed by atoms with Crippen LogP contribution in [0.4, 0.5) is 5.69 Å². The zero-order valence-corrected chi connectivity index (χ0v) is 6.64. The molecule has 62 valence electrons. The van der Waals surface area contributed by atoms with Crippen molar-refractivity contribution in [2.24, 2.45) is 5.84 Å². The maximum absolute atomic E-state index is 6.59. The highest BCUT2D eigenvalue weighted by Gasteiger charge is 2.00. The molecule has 1 aromatic rings. The monoisotopic (exact) mass is 162 g/mol. The summed E-state index contributed by atoms with van der Waals surface area (Å²) in [5.41, 5.74) is 0.883. The zero-order valence-electron chi connectivity index (χ0n) is 6.64. The van der Waals surface area contributed by atoms with E-state index in [2.05, 4.69) is 9.83 Å². The molecule has 0 unspecified atom stereocenters. The minimum atomic E-state index is 0.415. The van der Waals surface area contributed by atoms with Gasteiger partial charge in [-0.05, 0) is 12.1 Å². The Balaban J connectivity index is 2.55. The summed E-state index contributed by atoms with van der Waals surface area (Å²) >= 11 is 0. The van der Waals surface area contributed by atoms with Crippen molar-refractivity contribution in [1.82, 2.24) is 4.98 Å². The lowest BCUT2D eigenvalue weighted by atomic mass is 10.4. The van der Waals surface area contributed by atoms with Gasteiger partial charge >= 0.3 is 0 Å². The quantitative estimate of drug-likeness (QED) is 0.404. The number of pyridine rings is 1. The highest BCUT2D eigenvalue weighted by atomic mass is 15.4. The molecule has 4 heteroatoms. The highest BCUT2D eigenvalue weighted by Crippen LogP contribution is 2.06. The van der Waals surface area contributed by atoms with Crippen LogP contribution in [-0.2, 0) is 0 Å². The van der Waals surface area contributed by atoms with Gasteiger partial charge in [0.1, 0.15) is 6.54 Å². The molecule has 0 saturated heterocycles. The minimum absolute atomic E-state index is 0.415. The molecule has 1 rings (SSSR count). The summed E-state index contributed by atoms with van der Waals surface area (Å²) < 4.78 is 0. The Morgan fingerprint density at radius 3 is 2.75 bits per heavy atom. The Hall–Kier alpha value is -1.60. The third-order valence-corrected chi connectivity index (χ3v) is 1.45. The first-order chi connectivity index (χ1) is 5.84. The molecule has 0 aliphatic carbocycles. The first-order valence-electron chi connectivity index (χ1n) is 3.60. The molecule has 1 aromatic heterocycles. The average molecular weight is 162 g/mol. The fourth-order valence-electron chi connectivity index (χ4n) is 0.822. The highest BCUT2D eigenvalue weighted by molar-refractivity contribution is 5.42. The van der Waals surface area contributed by atoms with E-state index in [9.17, 15) is 0 Å². The van der Waals surface area contributed by atoms with E-state index >= 15 is 0 Å². The van der Waals surface area contributed by atoms with E-state index in [0.717, 1.165) is 5.69 Å². The number of rotatable bonds is 3. The second kappa shape index (κ2) is 4.31. The summed E-state index contributed by atoms with van der Waals surface area (Å²) in [7, 11) is 0. The second-order valence-electron chi connectivity index (χ2n) is 2.28. The number of anilines is 1. The molecular weight excluding hydrogens is 152 g/mol. The SMILES string of the molecule is [C-]#[N+]CCN(N)c1ccncc1. The second-order valence-corrected chi connectivity index (χ2v) is 2.28. The van der Waals surface area contributed by atoms with Crippen LogP contribution in [0.5, 0.6) is 0 Å². The molecule has 0 fully saturated rings. The summed E-state index contributed by atoms with van der Waals surface area (Å²) in [5, 5.41) is 1.54. The van der Waals surface area contributed by atoms with E-state index in [4.69, 9.17) is 12.4 Å². The number of nitrogens with zero attached hydrogens (tertiary/aromatic N) is 3. The predicted molar refractivity (Wildman–Crippen MR) is 47.2 cm³/mol. The fraction of sp³-hybridized carbons (Fsp3) is 0.250. The minimum Gasteiger partial charge on any atom is -0.315 e. The van der Waals surface area contributed by atoms with Gasteiger partial charge in [0.15, 0.2) is 0 Å². The smallest absolute Gasteiger partial charge is 0.233 e. The van der Waals surface area contributed by atoms with Crippen molar-refractivity contribution in [3.05, 3.63) is 35.9 Å². The van der Waals surface area contributed by atoms with Gasteiger partial charge in [-0.2, -0.15) is 0 Å². The van der Waals surface area contributed by atoms with Crippen molar-refractivity contribution in [3.63, 3.8) is 0 Å². The number of aromatic nitrogens is 1. The third-order valence-electron chi connectivity index (χ3n) is 1.45. The molecule has 0 bridgehead atoms. The van der Waals surface area contributed by atoms with Gasteiger partial charge in [-0.15, -0.1) is 0 Å². The molecule has 0 amide bonds. The van der Waals surface area contributed by atoms with Gasteiger partial charge in [-0.3, -0.25) is 4.98 Å². The van der Waals surface area contributed by atoms with Crippen molar-refractivity contribution in [2.45, 2.75) is 0 Å². The fourth-order valence-corrected chi connectivity index (χ4v) is 0.822. The topological polar surface area (TPSA) is 46.5 Å². The van der Waals surface area contributed by atoms with Crippen molar-refractivity contribution >= 4 is 5.69 Å². The van der Waals surface area contributed by atoms with Gasteiger partial charge in [0.2, 0.25) is 6.54 Å². The summed E-state index contributed by atoms with van der Waals surface area (Å²) in [6, 6.07) is 3.62. The Morgan fingerprint density at radius 2 is 2.17 bits per heavy atom. The lowest BCUT2D eigenvalue weighted by Crippen LogP contribution is -2.32. The van der Waals surface area contributed by atoms with E-state index in [1.807, 2.05) is 12.1 Å². The first-order valence-corrected chi connectivity index (χ1v) is 3.60. The molecule has 0 aliphatic rings. The van der Waals surface area contributed by atoms with Gasteiger partial charge in [-0.1, -0.05) is 0 Å². The summed E-state index contributed by atoms with van der Waals surface area (Å²) in [6.07, 6.45) is 3.35. The maximum Gasteiger partial charge on any atom is 0.233 e. The molecule has 12 heavy (non-hydrogen) atoms. The first kappa shape index (κ1) is 8.50. The molecule has 0 saturated carbocycles. The van der Waals surface area contributed by atoms with E-state index in [0.29, 0.717) is 13.1 Å². The van der Waals surface area contributed by atoms with Crippen molar-refractivity contribution in [3.8, 4) is 0 Å². The molecule has 0 aromatic carbocycles. The summed E-state index contributed by atoms with van der Waals surface area (Å²) in [4.78, 5) is 7.08. The van der Waals surface area contributed by atoms with Gasteiger partial charge < -0.3 is 9.85 Å². The normalized spacial score (nSPS) is 9.00. The Morgan fingerprint density at radius 1 is 1.50 bits per heavy atom. The average Bonchev–Trinajstić information content (AvgIpc) is 2.15. The van der Waals surface area contributed by atoms with Gasteiger partial charge in [0.25, 0.3) is 0 Å². The number of hydrogen-bond acceptors (Lipinski definition) is 3. The third kappa shape index (κ3) is 2.22. The molecule has 1 heterocycles. The van der Waals surface area contributed by atoms with E-state index in [1.54, 1.807) is 17.4 Å². The Bertz CT molecular complexity index is 264. The van der Waals surface area contributed by atoms with Gasteiger partial charge in [0, 0.05) is 12.4 Å². The lowest BCUT2D eigenvalue weighted by Gasteiger charge is -2.14. The molecule has 0 atom stereocenters. The molecule has 0 spiro atoms. The van der Waals surface area contributed by atoms with Crippen LogP contribution in [0.3, 0.4) is 0 Å². The number of hydrogen-bond donors (Lipinski definition) is 1. The van der Waals surface area contributed by atoms with Crippen LogP contribution >= 0.6 is 0 Å². The van der Waals surface area contributed by atoms with Crippen LogP contribution in [0.2, 0.25) is 0 Å². The Kier molecular flexibility index (Phi) is 3.05. The number of hydrazine groups is 1. The van der Waals surface area contributed by atoms with Crippen molar-refractivity contribution < 1.29 is 0 Å². The van der Waals surface area contributed by atoms with Crippen LogP contribution in [0, 0.1) is 6.57 Å².